The quantitative estimate of drug-likeness (QED) is 0.515. The Kier molecular flexibility index (Phi) is 6.25. The van der Waals surface area contributed by atoms with Gasteiger partial charge in [0, 0.05) is 50.7 Å². The van der Waals surface area contributed by atoms with E-state index in [2.05, 4.69) is 4.90 Å². The van der Waals surface area contributed by atoms with Crippen molar-refractivity contribution >= 4 is 26.9 Å². The van der Waals surface area contributed by atoms with Gasteiger partial charge in [0.25, 0.3) is 0 Å². The Hall–Kier alpha value is -3.01. The maximum atomic E-state index is 13.5. The monoisotopic (exact) mass is 495 g/mol. The third-order valence-electron chi connectivity index (χ3n) is 6.98. The predicted octanol–water partition coefficient (Wildman–Crippen LogP) is 2.13. The SMILES string of the molecule is Cc1ccc2c(CN3CCN(C(=O)[C@H]4Cc5ccccc5CN4S(C)(=O)=O)CC3)cc(=O)oc2c1. The van der Waals surface area contributed by atoms with E-state index in [0.717, 1.165) is 27.6 Å². The zero-order valence-corrected chi connectivity index (χ0v) is 20.8. The van der Waals surface area contributed by atoms with Crippen LogP contribution in [0.5, 0.6) is 0 Å². The Morgan fingerprint density at radius 2 is 1.74 bits per heavy atom. The highest BCUT2D eigenvalue weighted by molar-refractivity contribution is 7.88. The standard InChI is InChI=1S/C26H29N3O5S/c1-18-7-8-22-21(15-25(30)34-24(22)13-18)16-27-9-11-28(12-10-27)26(31)23-14-19-5-3-4-6-20(19)17-29(23)35(2,32)33/h3-8,13,15,23H,9-12,14,16-17H2,1-2H3/t23-/m1/s1. The first-order valence-electron chi connectivity index (χ1n) is 11.8. The summed E-state index contributed by atoms with van der Waals surface area (Å²) >= 11 is 0. The highest BCUT2D eigenvalue weighted by atomic mass is 32.2. The molecule has 1 atom stereocenters. The summed E-state index contributed by atoms with van der Waals surface area (Å²) in [4.78, 5) is 29.5. The van der Waals surface area contributed by atoms with Crippen LogP contribution in [0.15, 0.2) is 57.7 Å². The Balaban J connectivity index is 1.29. The molecule has 9 heteroatoms. The number of nitrogens with zero attached hydrogens (tertiary/aromatic N) is 3. The third-order valence-corrected chi connectivity index (χ3v) is 8.22. The van der Waals surface area contributed by atoms with Gasteiger partial charge in [-0.05, 0) is 41.7 Å². The minimum absolute atomic E-state index is 0.147. The summed E-state index contributed by atoms with van der Waals surface area (Å²) in [7, 11) is -3.54. The second-order valence-electron chi connectivity index (χ2n) is 9.49. The van der Waals surface area contributed by atoms with Crippen LogP contribution in [0, 0.1) is 6.92 Å². The van der Waals surface area contributed by atoms with Crippen molar-refractivity contribution in [3.8, 4) is 0 Å². The van der Waals surface area contributed by atoms with Crippen molar-refractivity contribution in [2.45, 2.75) is 32.5 Å². The molecular formula is C26H29N3O5S. The molecule has 1 fully saturated rings. The zero-order chi connectivity index (χ0) is 24.7. The molecule has 0 bridgehead atoms. The summed E-state index contributed by atoms with van der Waals surface area (Å²) in [6.07, 6.45) is 1.55. The molecule has 0 N–H and O–H groups in total. The number of piperazine rings is 1. The molecule has 2 aromatic carbocycles. The lowest BCUT2D eigenvalue weighted by Gasteiger charge is -2.40. The molecule has 35 heavy (non-hydrogen) atoms. The first-order chi connectivity index (χ1) is 16.7. The van der Waals surface area contributed by atoms with E-state index in [1.54, 1.807) is 11.0 Å². The fourth-order valence-corrected chi connectivity index (χ4v) is 6.10. The number of hydrogen-bond acceptors (Lipinski definition) is 6. The van der Waals surface area contributed by atoms with Gasteiger partial charge in [-0.15, -0.1) is 0 Å². The summed E-state index contributed by atoms with van der Waals surface area (Å²) in [6, 6.07) is 14.4. The van der Waals surface area contributed by atoms with E-state index in [9.17, 15) is 18.0 Å². The molecule has 184 valence electrons. The molecule has 1 aromatic heterocycles. The van der Waals surface area contributed by atoms with Gasteiger partial charge in [-0.2, -0.15) is 4.31 Å². The molecular weight excluding hydrogens is 466 g/mol. The number of benzene rings is 2. The number of carbonyl (C=O) groups is 1. The minimum atomic E-state index is -3.54. The predicted molar refractivity (Wildman–Crippen MR) is 133 cm³/mol. The number of rotatable bonds is 4. The van der Waals surface area contributed by atoms with Crippen molar-refractivity contribution in [1.82, 2.24) is 14.1 Å². The third kappa shape index (κ3) is 4.89. The molecule has 0 aliphatic carbocycles. The smallest absolute Gasteiger partial charge is 0.336 e. The van der Waals surface area contributed by atoms with Crippen molar-refractivity contribution in [2.75, 3.05) is 32.4 Å². The van der Waals surface area contributed by atoms with Crippen LogP contribution in [0.2, 0.25) is 0 Å². The van der Waals surface area contributed by atoms with Crippen molar-refractivity contribution in [1.29, 1.82) is 0 Å². The van der Waals surface area contributed by atoms with Crippen LogP contribution in [-0.2, 0) is 34.3 Å². The molecule has 8 nitrogen and oxygen atoms in total. The first-order valence-corrected chi connectivity index (χ1v) is 13.6. The Labute approximate surface area is 204 Å². The largest absolute Gasteiger partial charge is 0.423 e. The van der Waals surface area contributed by atoms with Gasteiger partial charge in [0.1, 0.15) is 11.6 Å². The first kappa shape index (κ1) is 23.7. The molecule has 3 aromatic rings. The average Bonchev–Trinajstić information content (AvgIpc) is 2.82. The van der Waals surface area contributed by atoms with Gasteiger partial charge in [-0.1, -0.05) is 36.4 Å². The van der Waals surface area contributed by atoms with E-state index >= 15 is 0 Å². The van der Waals surface area contributed by atoms with E-state index < -0.39 is 16.1 Å². The lowest BCUT2D eigenvalue weighted by Crippen LogP contribution is -2.57. The molecule has 1 saturated heterocycles. The second-order valence-corrected chi connectivity index (χ2v) is 11.4. The summed E-state index contributed by atoms with van der Waals surface area (Å²) in [5.41, 5.74) is 4.11. The highest BCUT2D eigenvalue weighted by Crippen LogP contribution is 2.27. The molecule has 5 rings (SSSR count). The Morgan fingerprint density at radius 1 is 1.03 bits per heavy atom. The van der Waals surface area contributed by atoms with Crippen LogP contribution >= 0.6 is 0 Å². The molecule has 0 saturated carbocycles. The maximum absolute atomic E-state index is 13.5. The molecule has 3 heterocycles. The topological polar surface area (TPSA) is 91.1 Å². The van der Waals surface area contributed by atoms with Crippen LogP contribution < -0.4 is 5.63 Å². The van der Waals surface area contributed by atoms with E-state index in [4.69, 9.17) is 4.42 Å². The Bertz CT molecular complexity index is 1440. The number of fused-ring (bicyclic) bond motifs is 2. The van der Waals surface area contributed by atoms with Gasteiger partial charge < -0.3 is 9.32 Å². The van der Waals surface area contributed by atoms with Crippen LogP contribution in [0.4, 0.5) is 0 Å². The van der Waals surface area contributed by atoms with Crippen LogP contribution in [-0.4, -0.2) is 66.9 Å². The maximum Gasteiger partial charge on any atom is 0.336 e. The van der Waals surface area contributed by atoms with Crippen LogP contribution in [0.1, 0.15) is 22.3 Å². The van der Waals surface area contributed by atoms with Crippen LogP contribution in [0.25, 0.3) is 11.0 Å². The highest BCUT2D eigenvalue weighted by Gasteiger charge is 2.39. The lowest BCUT2D eigenvalue weighted by molar-refractivity contribution is -0.137. The average molecular weight is 496 g/mol. The number of amides is 1. The fraction of sp³-hybridized carbons (Fsp3) is 0.385. The minimum Gasteiger partial charge on any atom is -0.423 e. The van der Waals surface area contributed by atoms with E-state index in [1.165, 1.54) is 10.6 Å². The molecule has 2 aliphatic rings. The molecule has 0 spiro atoms. The van der Waals surface area contributed by atoms with Gasteiger partial charge >= 0.3 is 5.63 Å². The van der Waals surface area contributed by atoms with Crippen molar-refractivity contribution in [3.63, 3.8) is 0 Å². The van der Waals surface area contributed by atoms with Gasteiger partial charge in [-0.3, -0.25) is 9.69 Å². The van der Waals surface area contributed by atoms with E-state index in [-0.39, 0.29) is 18.1 Å². The number of hydrogen-bond donors (Lipinski definition) is 0. The van der Waals surface area contributed by atoms with Crippen molar-refractivity contribution in [2.24, 2.45) is 0 Å². The summed E-state index contributed by atoms with van der Waals surface area (Å²) in [5.74, 6) is -0.147. The van der Waals surface area contributed by atoms with E-state index in [0.29, 0.717) is 44.7 Å². The Morgan fingerprint density at radius 3 is 2.46 bits per heavy atom. The van der Waals surface area contributed by atoms with Crippen molar-refractivity contribution < 1.29 is 17.6 Å². The van der Waals surface area contributed by atoms with Gasteiger partial charge in [-0.25, -0.2) is 13.2 Å². The second kappa shape index (κ2) is 9.22. The zero-order valence-electron chi connectivity index (χ0n) is 19.9. The number of sulfonamides is 1. The lowest BCUT2D eigenvalue weighted by atomic mass is 9.95. The van der Waals surface area contributed by atoms with Crippen molar-refractivity contribution in [3.05, 3.63) is 81.2 Å². The summed E-state index contributed by atoms with van der Waals surface area (Å²) in [6.45, 7) is 5.05. The van der Waals surface area contributed by atoms with Gasteiger partial charge in [0.2, 0.25) is 15.9 Å². The molecule has 0 radical (unpaired) electrons. The van der Waals surface area contributed by atoms with Crippen LogP contribution in [0.3, 0.4) is 0 Å². The van der Waals surface area contributed by atoms with Gasteiger partial charge in [0.15, 0.2) is 0 Å². The number of carbonyl (C=O) groups excluding carboxylic acids is 1. The normalized spacial score (nSPS) is 19.6. The summed E-state index contributed by atoms with van der Waals surface area (Å²) in [5, 5.41) is 0.915. The molecule has 0 unspecified atom stereocenters. The summed E-state index contributed by atoms with van der Waals surface area (Å²) < 4.78 is 31.7. The fourth-order valence-electron chi connectivity index (χ4n) is 5.10. The number of aryl methyl sites for hydroxylation is 1. The van der Waals surface area contributed by atoms with E-state index in [1.807, 2.05) is 49.4 Å². The molecule has 1 amide bonds. The molecule has 2 aliphatic heterocycles. The van der Waals surface area contributed by atoms with Gasteiger partial charge in [0.05, 0.1) is 6.26 Å².